The summed E-state index contributed by atoms with van der Waals surface area (Å²) in [6.07, 6.45) is 1.59. The van der Waals surface area contributed by atoms with Gasteiger partial charge in [0.25, 0.3) is 0 Å². The molecule has 0 spiro atoms. The predicted molar refractivity (Wildman–Crippen MR) is 110 cm³/mol. The van der Waals surface area contributed by atoms with E-state index in [2.05, 4.69) is 4.99 Å². The van der Waals surface area contributed by atoms with Crippen molar-refractivity contribution in [2.45, 2.75) is 13.8 Å². The molecule has 0 atom stereocenters. The van der Waals surface area contributed by atoms with Gasteiger partial charge in [0.1, 0.15) is 16.4 Å². The fourth-order valence-electron chi connectivity index (χ4n) is 2.59. The van der Waals surface area contributed by atoms with Crippen LogP contribution in [0.5, 0.6) is 11.5 Å². The highest BCUT2D eigenvalue weighted by molar-refractivity contribution is 8.18. The van der Waals surface area contributed by atoms with E-state index in [0.717, 1.165) is 17.3 Å². The Kier molecular flexibility index (Phi) is 5.75. The van der Waals surface area contributed by atoms with Crippen LogP contribution in [0, 0.1) is 6.92 Å². The van der Waals surface area contributed by atoms with Gasteiger partial charge in [0.15, 0.2) is 11.5 Å². The van der Waals surface area contributed by atoms with Gasteiger partial charge in [-0.05, 0) is 55.3 Å². The molecule has 0 unspecified atom stereocenters. The van der Waals surface area contributed by atoms with Crippen LogP contribution in [0.1, 0.15) is 18.1 Å². The molecule has 2 aromatic carbocycles. The van der Waals surface area contributed by atoms with E-state index in [4.69, 9.17) is 4.74 Å². The molecule has 0 amide bonds. The van der Waals surface area contributed by atoms with Crippen molar-refractivity contribution in [1.29, 1.82) is 0 Å². The van der Waals surface area contributed by atoms with E-state index in [9.17, 15) is 20.1 Å². The van der Waals surface area contributed by atoms with E-state index in [0.29, 0.717) is 21.2 Å². The Balaban J connectivity index is 2.05. The topological polar surface area (TPSA) is 99.4 Å². The molecule has 1 aliphatic heterocycles. The molecular weight excluding hydrogens is 378 g/mol. The van der Waals surface area contributed by atoms with Crippen LogP contribution in [0.3, 0.4) is 0 Å². The normalized spacial score (nSPS) is 16.8. The van der Waals surface area contributed by atoms with Gasteiger partial charge in [-0.1, -0.05) is 30.0 Å². The number of aryl methyl sites for hydroxylation is 1. The molecule has 0 aliphatic carbocycles. The zero-order valence-electron chi connectivity index (χ0n) is 15.3. The van der Waals surface area contributed by atoms with Crippen LogP contribution >= 0.6 is 11.8 Å². The number of phenols is 2. The molecule has 1 aliphatic rings. The number of thioether (sulfide) groups is 1. The number of aliphatic hydroxyl groups excluding tert-OH is 1. The van der Waals surface area contributed by atoms with Gasteiger partial charge in [-0.25, -0.2) is 9.79 Å². The number of carbonyl (C=O) groups is 1. The number of carbonyl (C=O) groups excluding carboxylic acids is 1. The molecule has 2 aromatic rings. The van der Waals surface area contributed by atoms with Crippen LogP contribution in [0.2, 0.25) is 0 Å². The second kappa shape index (κ2) is 8.22. The number of nitrogens with zero attached hydrogens (tertiary/aromatic N) is 1. The smallest absolute Gasteiger partial charge is 0.344 e. The largest absolute Gasteiger partial charge is 0.506 e. The quantitative estimate of drug-likeness (QED) is 0.515. The van der Waals surface area contributed by atoms with E-state index in [1.54, 1.807) is 25.1 Å². The van der Waals surface area contributed by atoms with E-state index in [-0.39, 0.29) is 29.4 Å². The van der Waals surface area contributed by atoms with Crippen LogP contribution in [0.4, 0.5) is 5.69 Å². The molecule has 28 heavy (non-hydrogen) atoms. The van der Waals surface area contributed by atoms with Crippen LogP contribution in [-0.2, 0) is 9.53 Å². The van der Waals surface area contributed by atoms with Crippen LogP contribution < -0.4 is 0 Å². The number of hydrogen-bond donors (Lipinski definition) is 3. The summed E-state index contributed by atoms with van der Waals surface area (Å²) in [5.74, 6) is -1.41. The Hall–Kier alpha value is -3.19. The van der Waals surface area contributed by atoms with Gasteiger partial charge in [-0.2, -0.15) is 0 Å². The minimum absolute atomic E-state index is 0.00241. The fraction of sp³-hybridized carbons (Fsp3) is 0.143. The molecule has 0 radical (unpaired) electrons. The maximum Gasteiger partial charge on any atom is 0.344 e. The number of benzene rings is 2. The molecule has 7 heteroatoms. The minimum atomic E-state index is -0.657. The Bertz CT molecular complexity index is 1020. The zero-order valence-corrected chi connectivity index (χ0v) is 16.2. The molecule has 0 saturated heterocycles. The highest BCUT2D eigenvalue weighted by atomic mass is 32.2. The lowest BCUT2D eigenvalue weighted by Gasteiger charge is -2.04. The summed E-state index contributed by atoms with van der Waals surface area (Å²) in [4.78, 5) is 17.3. The third-order valence-corrected chi connectivity index (χ3v) is 4.92. The summed E-state index contributed by atoms with van der Waals surface area (Å²) in [7, 11) is 0. The number of hydrogen-bond acceptors (Lipinski definition) is 7. The summed E-state index contributed by atoms with van der Waals surface area (Å²) in [6, 6.07) is 11.8. The third-order valence-electron chi connectivity index (χ3n) is 3.90. The van der Waals surface area contributed by atoms with E-state index >= 15 is 0 Å². The minimum Gasteiger partial charge on any atom is -0.506 e. The van der Waals surface area contributed by atoms with Gasteiger partial charge < -0.3 is 20.1 Å². The first kappa shape index (κ1) is 19.6. The van der Waals surface area contributed by atoms with Gasteiger partial charge in [0.05, 0.1) is 17.2 Å². The summed E-state index contributed by atoms with van der Waals surface area (Å²) < 4.78 is 5.07. The molecule has 0 fully saturated rings. The van der Waals surface area contributed by atoms with Crippen LogP contribution in [0.25, 0.3) is 6.08 Å². The van der Waals surface area contributed by atoms with Crippen molar-refractivity contribution >= 4 is 34.5 Å². The third kappa shape index (κ3) is 4.20. The van der Waals surface area contributed by atoms with Gasteiger partial charge in [0.2, 0.25) is 0 Å². The fourth-order valence-corrected chi connectivity index (χ4v) is 3.62. The van der Waals surface area contributed by atoms with Crippen molar-refractivity contribution in [1.82, 2.24) is 0 Å². The monoisotopic (exact) mass is 397 g/mol. The lowest BCUT2D eigenvalue weighted by atomic mass is 10.1. The average Bonchev–Trinajstić information content (AvgIpc) is 2.93. The first-order chi connectivity index (χ1) is 13.4. The van der Waals surface area contributed by atoms with Crippen molar-refractivity contribution in [3.8, 4) is 11.5 Å². The summed E-state index contributed by atoms with van der Waals surface area (Å²) in [5, 5.41) is 30.1. The predicted octanol–water partition coefficient (Wildman–Crippen LogP) is 4.60. The van der Waals surface area contributed by atoms with E-state index in [1.807, 2.05) is 25.1 Å². The zero-order chi connectivity index (χ0) is 20.3. The maximum absolute atomic E-state index is 12.4. The summed E-state index contributed by atoms with van der Waals surface area (Å²) >= 11 is 1.13. The summed E-state index contributed by atoms with van der Waals surface area (Å²) in [6.45, 7) is 3.79. The number of ether oxygens (including phenoxy) is 1. The SMILES string of the molecule is CCOC(=O)C1=C(O)C(=Cc2ccc(O)c(O)c2)SC1=Nc1cccc(C)c1. The van der Waals surface area contributed by atoms with Crippen molar-refractivity contribution in [2.24, 2.45) is 4.99 Å². The average molecular weight is 397 g/mol. The molecule has 0 bridgehead atoms. The molecule has 0 saturated carbocycles. The standard InChI is InChI=1S/C21H19NO5S/c1-3-27-21(26)18-19(25)17(11-13-7-8-15(23)16(24)10-13)28-20(18)22-14-6-4-5-12(2)9-14/h4-11,23-25H,3H2,1-2H3. The number of rotatable bonds is 4. The molecule has 0 aromatic heterocycles. The number of aromatic hydroxyl groups is 2. The van der Waals surface area contributed by atoms with Gasteiger partial charge in [-0.3, -0.25) is 0 Å². The van der Waals surface area contributed by atoms with Crippen molar-refractivity contribution in [3.05, 3.63) is 69.8 Å². The van der Waals surface area contributed by atoms with Crippen molar-refractivity contribution < 1.29 is 24.9 Å². The molecule has 144 valence electrons. The van der Waals surface area contributed by atoms with Crippen molar-refractivity contribution in [3.63, 3.8) is 0 Å². The van der Waals surface area contributed by atoms with Crippen LogP contribution in [-0.4, -0.2) is 32.9 Å². The van der Waals surface area contributed by atoms with E-state index in [1.165, 1.54) is 12.1 Å². The van der Waals surface area contributed by atoms with Gasteiger partial charge >= 0.3 is 5.97 Å². The van der Waals surface area contributed by atoms with Crippen molar-refractivity contribution in [2.75, 3.05) is 6.61 Å². The van der Waals surface area contributed by atoms with Crippen LogP contribution in [0.15, 0.2) is 63.7 Å². The molecule has 3 N–H and O–H groups in total. The van der Waals surface area contributed by atoms with Gasteiger partial charge in [0, 0.05) is 0 Å². The highest BCUT2D eigenvalue weighted by Gasteiger charge is 2.33. The molecule has 3 rings (SSSR count). The lowest BCUT2D eigenvalue weighted by Crippen LogP contribution is -2.12. The second-order valence-electron chi connectivity index (χ2n) is 6.06. The Labute approximate surface area is 166 Å². The Morgan fingerprint density at radius 1 is 1.14 bits per heavy atom. The summed E-state index contributed by atoms with van der Waals surface area (Å²) in [5.41, 5.74) is 2.22. The Morgan fingerprint density at radius 2 is 1.93 bits per heavy atom. The number of esters is 1. The number of phenolic OH excluding ortho intramolecular Hbond substituents is 2. The Morgan fingerprint density at radius 3 is 2.61 bits per heavy atom. The molecular formula is C21H19NO5S. The van der Waals surface area contributed by atoms with Gasteiger partial charge in [-0.15, -0.1) is 0 Å². The molecule has 6 nitrogen and oxygen atoms in total. The number of aliphatic imine (C=N–C) groups is 1. The number of aliphatic hydroxyl groups is 1. The first-order valence-corrected chi connectivity index (χ1v) is 9.38. The highest BCUT2D eigenvalue weighted by Crippen LogP contribution is 2.40. The molecule has 1 heterocycles. The van der Waals surface area contributed by atoms with E-state index < -0.39 is 5.97 Å². The lowest BCUT2D eigenvalue weighted by molar-refractivity contribution is -0.138. The second-order valence-corrected chi connectivity index (χ2v) is 7.09. The maximum atomic E-state index is 12.4. The first-order valence-electron chi connectivity index (χ1n) is 8.57.